The van der Waals surface area contributed by atoms with Crippen molar-refractivity contribution < 1.29 is 36.7 Å². The van der Waals surface area contributed by atoms with E-state index in [4.69, 9.17) is 0 Å². The van der Waals surface area contributed by atoms with Crippen LogP contribution in [0.4, 0.5) is 14.5 Å². The Balaban J connectivity index is 1.50. The summed E-state index contributed by atoms with van der Waals surface area (Å²) in [7, 11) is -2.93. The van der Waals surface area contributed by atoms with Crippen LogP contribution in [0.5, 0.6) is 0 Å². The zero-order chi connectivity index (χ0) is 36.4. The quantitative estimate of drug-likeness (QED) is 0.198. The Morgan fingerprint density at radius 3 is 2.10 bits per heavy atom. The van der Waals surface area contributed by atoms with Gasteiger partial charge in [-0.25, -0.2) is 31.4 Å². The van der Waals surface area contributed by atoms with Crippen molar-refractivity contribution in [2.75, 3.05) is 4.72 Å². The second-order valence-electron chi connectivity index (χ2n) is 12.7. The monoisotopic (exact) mass is 696 g/mol. The van der Waals surface area contributed by atoms with E-state index >= 15 is 8.78 Å². The lowest BCUT2D eigenvalue weighted by molar-refractivity contribution is -0.139. The molecular weight excluding hydrogens is 662 g/mol. The van der Waals surface area contributed by atoms with E-state index < -0.39 is 62.1 Å². The molecule has 1 aromatic heterocycles. The van der Waals surface area contributed by atoms with Crippen molar-refractivity contribution in [1.82, 2.24) is 14.5 Å². The number of Topliss-reactive ketones (excluding diaryl/α,β-unsaturated/α-hetero) is 1. The topological polar surface area (TPSA) is 174 Å². The molecule has 0 saturated carbocycles. The Kier molecular flexibility index (Phi) is 10.4. The summed E-state index contributed by atoms with van der Waals surface area (Å²) in [5.41, 5.74) is -2.05. The molecule has 1 heterocycles. The molecular formula is C34H34F2N4O8S. The van der Waals surface area contributed by atoms with Gasteiger partial charge in [0.1, 0.15) is 23.2 Å². The van der Waals surface area contributed by atoms with Gasteiger partial charge in [-0.05, 0) is 59.9 Å². The lowest BCUT2D eigenvalue weighted by Crippen LogP contribution is -2.43. The van der Waals surface area contributed by atoms with Crippen molar-refractivity contribution in [3.05, 3.63) is 122 Å². The lowest BCUT2D eigenvalue weighted by atomic mass is 9.87. The van der Waals surface area contributed by atoms with Crippen LogP contribution in [0.25, 0.3) is 5.69 Å². The third kappa shape index (κ3) is 8.54. The Labute approximate surface area is 280 Å². The van der Waals surface area contributed by atoms with Crippen molar-refractivity contribution in [3.63, 3.8) is 0 Å². The lowest BCUT2D eigenvalue weighted by Gasteiger charge is -2.18. The van der Waals surface area contributed by atoms with Gasteiger partial charge >= 0.3 is 11.7 Å². The predicted octanol–water partition coefficient (Wildman–Crippen LogP) is 3.97. The minimum absolute atomic E-state index is 0.178. The normalized spacial score (nSPS) is 12.3. The summed E-state index contributed by atoms with van der Waals surface area (Å²) in [6.07, 6.45) is 1.22. The molecule has 1 atom stereocenters. The van der Waals surface area contributed by atoms with Crippen molar-refractivity contribution in [2.24, 2.45) is 12.5 Å². The largest absolute Gasteiger partial charge is 0.480 e. The molecule has 4 aromatic rings. The van der Waals surface area contributed by atoms with E-state index in [0.717, 1.165) is 4.57 Å². The van der Waals surface area contributed by atoms with Crippen molar-refractivity contribution in [1.29, 1.82) is 0 Å². The maximum absolute atomic E-state index is 15.1. The highest BCUT2D eigenvalue weighted by Crippen LogP contribution is 2.26. The highest BCUT2D eigenvalue weighted by Gasteiger charge is 2.27. The van der Waals surface area contributed by atoms with Gasteiger partial charge in [0.05, 0.1) is 16.3 Å². The van der Waals surface area contributed by atoms with E-state index in [0.29, 0.717) is 23.3 Å². The smallest absolute Gasteiger partial charge is 0.335 e. The summed E-state index contributed by atoms with van der Waals surface area (Å²) in [4.78, 5) is 61.8. The number of halogens is 2. The number of hydrogen-bond acceptors (Lipinski definition) is 7. The molecule has 0 aliphatic heterocycles. The Morgan fingerprint density at radius 1 is 0.939 bits per heavy atom. The number of rotatable bonds is 11. The van der Waals surface area contributed by atoms with Crippen LogP contribution in [-0.2, 0) is 28.3 Å². The number of nitrogens with zero attached hydrogens (tertiary/aromatic N) is 2. The molecule has 0 unspecified atom stereocenters. The number of sulfonamides is 1. The van der Waals surface area contributed by atoms with Crippen molar-refractivity contribution >= 4 is 33.4 Å². The van der Waals surface area contributed by atoms with Gasteiger partial charge in [0.2, 0.25) is 0 Å². The molecule has 1 amide bonds. The van der Waals surface area contributed by atoms with Crippen LogP contribution in [0.15, 0.2) is 81.3 Å². The number of carboxylic acids is 1. The number of amides is 1. The van der Waals surface area contributed by atoms with Crippen molar-refractivity contribution in [2.45, 2.75) is 51.5 Å². The first kappa shape index (κ1) is 36.4. The van der Waals surface area contributed by atoms with Gasteiger partial charge in [-0.3, -0.25) is 19.1 Å². The molecule has 0 aliphatic rings. The Hall–Kier alpha value is -5.44. The summed E-state index contributed by atoms with van der Waals surface area (Å²) < 4.78 is 60.6. The Morgan fingerprint density at radius 2 is 1.55 bits per heavy atom. The number of carbonyl (C=O) groups is 3. The Bertz CT molecular complexity index is 2160. The van der Waals surface area contributed by atoms with Gasteiger partial charge in [-0.2, -0.15) is 0 Å². The number of ketones is 1. The molecule has 258 valence electrons. The fourth-order valence-corrected chi connectivity index (χ4v) is 6.29. The number of nitrogens with one attached hydrogen (secondary N) is 2. The second kappa shape index (κ2) is 14.0. The molecule has 0 fully saturated rings. The first-order valence-corrected chi connectivity index (χ1v) is 16.3. The molecule has 0 saturated heterocycles. The van der Waals surface area contributed by atoms with Crippen LogP contribution in [0.1, 0.15) is 59.0 Å². The van der Waals surface area contributed by atoms with Gasteiger partial charge in [0.25, 0.3) is 21.5 Å². The summed E-state index contributed by atoms with van der Waals surface area (Å²) in [6.45, 7) is 7.14. The van der Waals surface area contributed by atoms with Gasteiger partial charge < -0.3 is 15.0 Å². The molecule has 12 nitrogen and oxygen atoms in total. The first-order valence-electron chi connectivity index (χ1n) is 14.8. The van der Waals surface area contributed by atoms with E-state index in [1.165, 1.54) is 73.3 Å². The van der Waals surface area contributed by atoms with Gasteiger partial charge in [-0.15, -0.1) is 0 Å². The third-order valence-corrected chi connectivity index (χ3v) is 8.93. The summed E-state index contributed by atoms with van der Waals surface area (Å²) in [5.74, 6) is -6.02. The summed E-state index contributed by atoms with van der Waals surface area (Å²) >= 11 is 0. The minimum atomic E-state index is -4.39. The zero-order valence-corrected chi connectivity index (χ0v) is 28.0. The van der Waals surface area contributed by atoms with Crippen LogP contribution < -0.4 is 21.3 Å². The molecule has 4 rings (SSSR count). The fraction of sp³-hybridized carbons (Fsp3) is 0.265. The molecule has 0 bridgehead atoms. The second-order valence-corrected chi connectivity index (χ2v) is 14.3. The van der Waals surface area contributed by atoms with E-state index in [9.17, 15) is 37.5 Å². The molecule has 49 heavy (non-hydrogen) atoms. The highest BCUT2D eigenvalue weighted by molar-refractivity contribution is 7.92. The summed E-state index contributed by atoms with van der Waals surface area (Å²) in [6, 6.07) is 10.3. The molecule has 15 heteroatoms. The van der Waals surface area contributed by atoms with E-state index in [-0.39, 0.29) is 40.2 Å². The maximum Gasteiger partial charge on any atom is 0.335 e. The van der Waals surface area contributed by atoms with Gasteiger partial charge in [0, 0.05) is 37.7 Å². The molecule has 3 N–H and O–H groups in total. The van der Waals surface area contributed by atoms with Gasteiger partial charge in [0.15, 0.2) is 5.78 Å². The number of aryl methyl sites for hydroxylation is 2. The number of hydrogen-bond donors (Lipinski definition) is 3. The SMILES string of the molecule is Cc1cc(C(=O)CC(C)(C)C)ccc1S(=O)(=O)Nc1cc(F)c(C(=O)N[C@@H](Cc2ccc(-n3c(=O)ccn(C)c3=O)cc2)C(=O)O)c(F)c1. The van der Waals surface area contributed by atoms with E-state index in [1.807, 2.05) is 20.8 Å². The third-order valence-electron chi connectivity index (χ3n) is 7.39. The van der Waals surface area contributed by atoms with E-state index in [2.05, 4.69) is 10.0 Å². The maximum atomic E-state index is 15.1. The standard InChI is InChI=1S/C34H34F2N4O8S/c1-19-14-21(27(41)18-34(2,3)4)8-11-28(19)49(47,48)38-22-16-24(35)30(25(36)17-22)31(43)37-26(32(44)45)15-20-6-9-23(10-7-20)40-29(42)12-13-39(5)33(40)46/h6-14,16-17,26,38H,15,18H2,1-5H3,(H,37,43)(H,44,45)/t26-/m0/s1. The molecule has 3 aromatic carbocycles. The average molecular weight is 697 g/mol. The molecule has 0 spiro atoms. The predicted molar refractivity (Wildman–Crippen MR) is 177 cm³/mol. The van der Waals surface area contributed by atoms with Crippen LogP contribution in [0, 0.1) is 24.0 Å². The zero-order valence-electron chi connectivity index (χ0n) is 27.2. The fourth-order valence-electron chi connectivity index (χ4n) is 5.02. The van der Waals surface area contributed by atoms with Crippen LogP contribution in [-0.4, -0.2) is 46.4 Å². The van der Waals surface area contributed by atoms with Crippen molar-refractivity contribution in [3.8, 4) is 5.69 Å². The first-order chi connectivity index (χ1) is 22.8. The number of carbonyl (C=O) groups excluding carboxylic acids is 2. The molecule has 0 radical (unpaired) electrons. The van der Waals surface area contributed by atoms with Crippen LogP contribution in [0.3, 0.4) is 0 Å². The molecule has 0 aliphatic carbocycles. The number of benzene rings is 3. The minimum Gasteiger partial charge on any atom is -0.480 e. The number of aliphatic carboxylic acids is 1. The highest BCUT2D eigenvalue weighted by atomic mass is 32.2. The number of anilines is 1. The summed E-state index contributed by atoms with van der Waals surface area (Å²) in [5, 5.41) is 11.8. The van der Waals surface area contributed by atoms with E-state index in [1.54, 1.807) is 0 Å². The van der Waals surface area contributed by atoms with Crippen LogP contribution >= 0.6 is 0 Å². The number of carboxylic acid groups (broad SMARTS) is 1. The number of aromatic nitrogens is 2. The van der Waals surface area contributed by atoms with Crippen LogP contribution in [0.2, 0.25) is 0 Å². The van der Waals surface area contributed by atoms with Gasteiger partial charge in [-0.1, -0.05) is 39.0 Å². The average Bonchev–Trinajstić information content (AvgIpc) is 2.98.